The SMILES string of the molecule is C=CCNS(=O)(=O)c1ccc(-n2nc(C(N)=O)c3c2-c2cc(NC(=O)c4ccccc4Cl)ccc2CC3)cc1. The third-order valence-electron chi connectivity index (χ3n) is 6.41. The van der Waals surface area contributed by atoms with Gasteiger partial charge in [-0.25, -0.2) is 17.8 Å². The van der Waals surface area contributed by atoms with Crippen LogP contribution in [0.15, 0.2) is 84.3 Å². The number of anilines is 1. The number of nitrogens with zero attached hydrogens (tertiary/aromatic N) is 2. The highest BCUT2D eigenvalue weighted by Gasteiger charge is 2.28. The predicted octanol–water partition coefficient (Wildman–Crippen LogP) is 4.11. The number of nitrogens with two attached hydrogens (primary N) is 1. The number of halogens is 1. The first-order chi connectivity index (χ1) is 18.7. The zero-order valence-corrected chi connectivity index (χ0v) is 22.2. The van der Waals surface area contributed by atoms with Crippen molar-refractivity contribution in [1.82, 2.24) is 14.5 Å². The Bertz CT molecular complexity index is 1730. The van der Waals surface area contributed by atoms with Crippen molar-refractivity contribution in [2.24, 2.45) is 5.73 Å². The zero-order chi connectivity index (χ0) is 27.7. The van der Waals surface area contributed by atoms with Gasteiger partial charge in [0.15, 0.2) is 5.69 Å². The van der Waals surface area contributed by atoms with E-state index in [1.165, 1.54) is 18.2 Å². The number of hydrogen-bond donors (Lipinski definition) is 3. The molecule has 4 aromatic rings. The van der Waals surface area contributed by atoms with E-state index in [-0.39, 0.29) is 23.0 Å². The van der Waals surface area contributed by atoms with Gasteiger partial charge in [0.2, 0.25) is 10.0 Å². The second-order valence-corrected chi connectivity index (χ2v) is 11.1. The fourth-order valence-electron chi connectivity index (χ4n) is 4.56. The molecule has 5 rings (SSSR count). The molecule has 4 N–H and O–H groups in total. The monoisotopic (exact) mass is 561 g/mol. The second-order valence-electron chi connectivity index (χ2n) is 8.89. The van der Waals surface area contributed by atoms with Crippen molar-refractivity contribution in [3.63, 3.8) is 0 Å². The van der Waals surface area contributed by atoms with Gasteiger partial charge in [-0.2, -0.15) is 5.10 Å². The number of sulfonamides is 1. The van der Waals surface area contributed by atoms with Gasteiger partial charge >= 0.3 is 0 Å². The molecule has 1 heterocycles. The molecule has 0 saturated carbocycles. The number of carbonyl (C=O) groups is 2. The lowest BCUT2D eigenvalue weighted by Crippen LogP contribution is -2.23. The third-order valence-corrected chi connectivity index (χ3v) is 8.18. The molecule has 0 fully saturated rings. The van der Waals surface area contributed by atoms with Crippen LogP contribution in [0.3, 0.4) is 0 Å². The van der Waals surface area contributed by atoms with Gasteiger partial charge < -0.3 is 11.1 Å². The van der Waals surface area contributed by atoms with Crippen molar-refractivity contribution in [3.05, 3.63) is 107 Å². The summed E-state index contributed by atoms with van der Waals surface area (Å²) in [6.07, 6.45) is 2.65. The maximum Gasteiger partial charge on any atom is 0.269 e. The minimum Gasteiger partial charge on any atom is -0.364 e. The molecule has 11 heteroatoms. The molecule has 0 radical (unpaired) electrons. The second kappa shape index (κ2) is 10.5. The Labute approximate surface area is 230 Å². The summed E-state index contributed by atoms with van der Waals surface area (Å²) in [4.78, 5) is 25.3. The lowest BCUT2D eigenvalue weighted by atomic mass is 9.88. The molecule has 0 atom stereocenters. The minimum atomic E-state index is -3.71. The number of hydrogen-bond acceptors (Lipinski definition) is 5. The van der Waals surface area contributed by atoms with Crippen LogP contribution in [0.5, 0.6) is 0 Å². The van der Waals surface area contributed by atoms with Crippen LogP contribution in [0.25, 0.3) is 16.9 Å². The van der Waals surface area contributed by atoms with Gasteiger partial charge in [0.25, 0.3) is 11.8 Å². The summed E-state index contributed by atoms with van der Waals surface area (Å²) in [5.74, 6) is -1.02. The third kappa shape index (κ3) is 5.09. The van der Waals surface area contributed by atoms with E-state index in [9.17, 15) is 18.0 Å². The number of nitrogens with one attached hydrogen (secondary N) is 2. The van der Waals surface area contributed by atoms with Crippen LogP contribution in [-0.4, -0.2) is 36.6 Å². The summed E-state index contributed by atoms with van der Waals surface area (Å²) >= 11 is 6.19. The van der Waals surface area contributed by atoms with Gasteiger partial charge in [0.05, 0.1) is 26.9 Å². The zero-order valence-electron chi connectivity index (χ0n) is 20.6. The van der Waals surface area contributed by atoms with Gasteiger partial charge in [0.1, 0.15) is 0 Å². The van der Waals surface area contributed by atoms with E-state index in [4.69, 9.17) is 17.3 Å². The van der Waals surface area contributed by atoms with Crippen LogP contribution in [0.2, 0.25) is 5.02 Å². The van der Waals surface area contributed by atoms with Gasteiger partial charge in [-0.3, -0.25) is 9.59 Å². The predicted molar refractivity (Wildman–Crippen MR) is 150 cm³/mol. The normalized spacial score (nSPS) is 12.3. The van der Waals surface area contributed by atoms with Crippen LogP contribution in [0, 0.1) is 0 Å². The molecule has 1 aliphatic carbocycles. The highest BCUT2D eigenvalue weighted by atomic mass is 35.5. The largest absolute Gasteiger partial charge is 0.364 e. The van der Waals surface area contributed by atoms with Crippen LogP contribution < -0.4 is 15.8 Å². The Morgan fingerprint density at radius 1 is 1.08 bits per heavy atom. The number of aryl methyl sites for hydroxylation is 1. The maximum atomic E-state index is 12.9. The van der Waals surface area contributed by atoms with Crippen LogP contribution in [0.4, 0.5) is 5.69 Å². The number of benzene rings is 3. The van der Waals surface area contributed by atoms with Gasteiger partial charge in [-0.05, 0) is 66.9 Å². The van der Waals surface area contributed by atoms with Gasteiger partial charge in [0, 0.05) is 23.4 Å². The number of fused-ring (bicyclic) bond motifs is 3. The molecule has 0 spiro atoms. The van der Waals surface area contributed by atoms with Gasteiger partial charge in [-0.1, -0.05) is 35.9 Å². The summed E-state index contributed by atoms with van der Waals surface area (Å²) in [7, 11) is -3.71. The highest BCUT2D eigenvalue weighted by molar-refractivity contribution is 7.89. The fourth-order valence-corrected chi connectivity index (χ4v) is 5.78. The van der Waals surface area contributed by atoms with Crippen molar-refractivity contribution in [2.45, 2.75) is 17.7 Å². The van der Waals surface area contributed by atoms with Crippen molar-refractivity contribution in [3.8, 4) is 16.9 Å². The van der Waals surface area contributed by atoms with E-state index in [0.29, 0.717) is 46.1 Å². The molecule has 39 heavy (non-hydrogen) atoms. The van der Waals surface area contributed by atoms with E-state index >= 15 is 0 Å². The summed E-state index contributed by atoms with van der Waals surface area (Å²) < 4.78 is 29.0. The smallest absolute Gasteiger partial charge is 0.269 e. The summed E-state index contributed by atoms with van der Waals surface area (Å²) in [5, 5.41) is 7.73. The van der Waals surface area contributed by atoms with E-state index in [1.807, 2.05) is 18.2 Å². The Hall–Kier alpha value is -4.25. The standard InChI is InChI=1S/C28H24ClN5O4S/c1-2-15-31-39(37,38)20-12-10-19(11-13-20)34-26-22(25(33-34)27(30)35)14-8-17-7-9-18(16-23(17)26)32-28(36)21-5-3-4-6-24(21)29/h2-7,9-13,16,31H,1,8,14-15H2,(H2,30,35)(H,32,36). The molecule has 0 unspecified atom stereocenters. The lowest BCUT2D eigenvalue weighted by molar-refractivity contribution is 0.0992. The molecular formula is C28H24ClN5O4S. The first-order valence-electron chi connectivity index (χ1n) is 12.0. The van der Waals surface area contributed by atoms with Crippen molar-refractivity contribution >= 4 is 39.1 Å². The number of amides is 2. The molecule has 2 amide bonds. The Kier molecular flexibility index (Phi) is 7.09. The number of carbonyl (C=O) groups excluding carboxylic acids is 2. The van der Waals surface area contributed by atoms with E-state index < -0.39 is 15.9 Å². The maximum absolute atomic E-state index is 12.9. The van der Waals surface area contributed by atoms with E-state index in [1.54, 1.807) is 41.1 Å². The summed E-state index contributed by atoms with van der Waals surface area (Å²) in [5.41, 5.74) is 10.4. The Morgan fingerprint density at radius 3 is 2.51 bits per heavy atom. The highest BCUT2D eigenvalue weighted by Crippen LogP contribution is 2.38. The van der Waals surface area contributed by atoms with Gasteiger partial charge in [-0.15, -0.1) is 6.58 Å². The number of aromatic nitrogens is 2. The average Bonchev–Trinajstić information content (AvgIpc) is 3.33. The van der Waals surface area contributed by atoms with Crippen LogP contribution >= 0.6 is 11.6 Å². The molecule has 1 aromatic heterocycles. The number of rotatable bonds is 8. The Balaban J connectivity index is 1.56. The van der Waals surface area contributed by atoms with Crippen molar-refractivity contribution in [1.29, 1.82) is 0 Å². The summed E-state index contributed by atoms with van der Waals surface area (Å²) in [6, 6.07) is 18.5. The molecule has 0 saturated heterocycles. The summed E-state index contributed by atoms with van der Waals surface area (Å²) in [6.45, 7) is 3.62. The van der Waals surface area contributed by atoms with Crippen LogP contribution in [0.1, 0.15) is 32.0 Å². The quantitative estimate of drug-likeness (QED) is 0.278. The lowest BCUT2D eigenvalue weighted by Gasteiger charge is -2.20. The molecule has 0 bridgehead atoms. The van der Waals surface area contributed by atoms with Crippen molar-refractivity contribution in [2.75, 3.05) is 11.9 Å². The average molecular weight is 562 g/mol. The number of primary amides is 1. The van der Waals surface area contributed by atoms with Crippen molar-refractivity contribution < 1.29 is 18.0 Å². The van der Waals surface area contributed by atoms with E-state index in [0.717, 1.165) is 11.1 Å². The molecule has 1 aliphatic rings. The molecular weight excluding hydrogens is 538 g/mol. The molecule has 3 aromatic carbocycles. The van der Waals surface area contributed by atoms with E-state index in [2.05, 4.69) is 21.7 Å². The molecule has 198 valence electrons. The Morgan fingerprint density at radius 2 is 1.82 bits per heavy atom. The first kappa shape index (κ1) is 26.4. The van der Waals surface area contributed by atoms with Crippen LogP contribution in [-0.2, 0) is 22.9 Å². The topological polar surface area (TPSA) is 136 Å². The molecule has 9 nitrogen and oxygen atoms in total. The molecule has 0 aliphatic heterocycles. The fraction of sp³-hybridized carbons (Fsp3) is 0.107. The minimum absolute atomic E-state index is 0.0780. The first-order valence-corrected chi connectivity index (χ1v) is 13.9.